The third kappa shape index (κ3) is 5.81. The Bertz CT molecular complexity index is 1390. The van der Waals surface area contributed by atoms with Gasteiger partial charge in [-0.2, -0.15) is 0 Å². The number of carbonyl (C=O) groups excluding carboxylic acids is 2. The number of pyridine rings is 1. The maximum Gasteiger partial charge on any atom is 0.410 e. The fraction of sp³-hybridized carbons (Fsp3) is 0.346. The van der Waals surface area contributed by atoms with Crippen molar-refractivity contribution in [2.24, 2.45) is 0 Å². The van der Waals surface area contributed by atoms with Crippen LogP contribution in [-0.4, -0.2) is 68.5 Å². The van der Waals surface area contributed by atoms with E-state index in [9.17, 15) is 14.4 Å². The van der Waals surface area contributed by atoms with Gasteiger partial charge in [0.1, 0.15) is 5.60 Å². The highest BCUT2D eigenvalue weighted by atomic mass is 16.6. The summed E-state index contributed by atoms with van der Waals surface area (Å²) in [5, 5.41) is 5.85. The third-order valence-electron chi connectivity index (χ3n) is 5.80. The number of amides is 3. The second-order valence-electron chi connectivity index (χ2n) is 9.70. The van der Waals surface area contributed by atoms with Crippen LogP contribution < -0.4 is 10.9 Å². The highest BCUT2D eigenvalue weighted by Crippen LogP contribution is 2.23. The number of aromatic amines is 1. The number of benzene rings is 1. The van der Waals surface area contributed by atoms with Gasteiger partial charge in [0.05, 0.1) is 24.0 Å². The van der Waals surface area contributed by atoms with Gasteiger partial charge in [0.25, 0.3) is 5.56 Å². The number of rotatable bonds is 3. The predicted molar refractivity (Wildman–Crippen MR) is 139 cm³/mol. The Labute approximate surface area is 214 Å². The van der Waals surface area contributed by atoms with Crippen LogP contribution in [0.3, 0.4) is 0 Å². The lowest BCUT2D eigenvalue weighted by atomic mass is 10.1. The molecule has 3 amide bonds. The fourth-order valence-corrected chi connectivity index (χ4v) is 3.96. The Morgan fingerprint density at radius 3 is 2.27 bits per heavy atom. The lowest BCUT2D eigenvalue weighted by Gasteiger charge is -2.35. The standard InChI is InChI=1S/C26H29N7O4/c1-17-22(18-6-8-19(27-5)9-7-18)23(34)33(30-17)21-11-10-20(16-28-21)29-24(35)31-12-14-32(15-13-31)25(36)37-26(2,3)4/h6-11,16,30H,12-15H2,1-4H3,(H,29,35). The van der Waals surface area contributed by atoms with Gasteiger partial charge in [-0.05, 0) is 45.4 Å². The molecule has 11 nitrogen and oxygen atoms in total. The summed E-state index contributed by atoms with van der Waals surface area (Å²) in [5.41, 5.74) is 2.03. The predicted octanol–water partition coefficient (Wildman–Crippen LogP) is 4.17. The maximum absolute atomic E-state index is 13.1. The first-order chi connectivity index (χ1) is 17.6. The normalized spacial score (nSPS) is 13.7. The van der Waals surface area contributed by atoms with Gasteiger partial charge in [0.15, 0.2) is 11.5 Å². The van der Waals surface area contributed by atoms with Crippen LogP contribution in [0.5, 0.6) is 0 Å². The Balaban J connectivity index is 1.39. The third-order valence-corrected chi connectivity index (χ3v) is 5.80. The van der Waals surface area contributed by atoms with Crippen molar-refractivity contribution < 1.29 is 14.3 Å². The Hall–Kier alpha value is -4.59. The molecule has 3 aromatic rings. The molecular weight excluding hydrogens is 474 g/mol. The van der Waals surface area contributed by atoms with Crippen LogP contribution in [0.4, 0.5) is 21.0 Å². The van der Waals surface area contributed by atoms with E-state index >= 15 is 0 Å². The molecule has 0 unspecified atom stereocenters. The van der Waals surface area contributed by atoms with Gasteiger partial charge < -0.3 is 19.9 Å². The quantitative estimate of drug-likeness (QED) is 0.521. The van der Waals surface area contributed by atoms with Crippen molar-refractivity contribution in [1.82, 2.24) is 24.6 Å². The van der Waals surface area contributed by atoms with E-state index in [1.165, 1.54) is 10.9 Å². The molecule has 37 heavy (non-hydrogen) atoms. The van der Waals surface area contributed by atoms with Crippen molar-refractivity contribution in [2.45, 2.75) is 33.3 Å². The molecule has 11 heteroatoms. The molecule has 3 heterocycles. The first-order valence-electron chi connectivity index (χ1n) is 11.9. The summed E-state index contributed by atoms with van der Waals surface area (Å²) in [4.78, 5) is 48.9. The molecule has 2 N–H and O–H groups in total. The number of H-pyrrole nitrogens is 1. The molecule has 1 aliphatic rings. The molecular formula is C26H29N7O4. The molecule has 1 aliphatic heterocycles. The van der Waals surface area contributed by atoms with Crippen LogP contribution in [0, 0.1) is 13.5 Å². The van der Waals surface area contributed by atoms with E-state index < -0.39 is 5.60 Å². The summed E-state index contributed by atoms with van der Waals surface area (Å²) >= 11 is 0. The zero-order valence-corrected chi connectivity index (χ0v) is 21.2. The topological polar surface area (TPSA) is 117 Å². The van der Waals surface area contributed by atoms with E-state index in [4.69, 9.17) is 11.3 Å². The van der Waals surface area contributed by atoms with E-state index in [1.54, 1.807) is 53.1 Å². The number of ether oxygens (including phenoxy) is 1. The summed E-state index contributed by atoms with van der Waals surface area (Å²) in [6, 6.07) is 9.85. The van der Waals surface area contributed by atoms with Gasteiger partial charge >= 0.3 is 12.1 Å². The molecule has 0 radical (unpaired) electrons. The van der Waals surface area contributed by atoms with Crippen LogP contribution in [0.1, 0.15) is 26.5 Å². The molecule has 0 spiro atoms. The molecule has 0 aliphatic carbocycles. The lowest BCUT2D eigenvalue weighted by Crippen LogP contribution is -2.52. The monoisotopic (exact) mass is 503 g/mol. The molecule has 192 valence electrons. The average Bonchev–Trinajstić information content (AvgIpc) is 3.17. The van der Waals surface area contributed by atoms with Gasteiger partial charge in [-0.3, -0.25) is 9.89 Å². The lowest BCUT2D eigenvalue weighted by molar-refractivity contribution is 0.0174. The summed E-state index contributed by atoms with van der Waals surface area (Å²) in [6.45, 7) is 15.9. The minimum absolute atomic E-state index is 0.264. The average molecular weight is 504 g/mol. The molecule has 2 aromatic heterocycles. The first kappa shape index (κ1) is 25.5. The van der Waals surface area contributed by atoms with Crippen molar-refractivity contribution in [2.75, 3.05) is 31.5 Å². The van der Waals surface area contributed by atoms with Crippen molar-refractivity contribution in [3.63, 3.8) is 0 Å². The van der Waals surface area contributed by atoms with Gasteiger partial charge in [-0.15, -0.1) is 0 Å². The van der Waals surface area contributed by atoms with E-state index in [2.05, 4.69) is 20.2 Å². The number of aryl methyl sites for hydroxylation is 1. The smallest absolute Gasteiger partial charge is 0.410 e. The van der Waals surface area contributed by atoms with Crippen molar-refractivity contribution in [1.29, 1.82) is 0 Å². The summed E-state index contributed by atoms with van der Waals surface area (Å²) in [7, 11) is 0. The van der Waals surface area contributed by atoms with E-state index in [1.807, 2.05) is 20.8 Å². The number of hydrogen-bond donors (Lipinski definition) is 2. The van der Waals surface area contributed by atoms with E-state index in [-0.39, 0.29) is 17.7 Å². The molecule has 0 atom stereocenters. The van der Waals surface area contributed by atoms with Gasteiger partial charge in [-0.25, -0.2) is 24.1 Å². The molecule has 1 saturated heterocycles. The number of anilines is 1. The highest BCUT2D eigenvalue weighted by Gasteiger charge is 2.27. The van der Waals surface area contributed by atoms with Crippen LogP contribution >= 0.6 is 0 Å². The Kier molecular flexibility index (Phi) is 7.02. The summed E-state index contributed by atoms with van der Waals surface area (Å²) < 4.78 is 6.73. The van der Waals surface area contributed by atoms with Crippen molar-refractivity contribution in [3.8, 4) is 16.9 Å². The zero-order chi connectivity index (χ0) is 26.7. The molecule has 0 bridgehead atoms. The van der Waals surface area contributed by atoms with E-state index in [0.717, 1.165) is 0 Å². The van der Waals surface area contributed by atoms with Crippen LogP contribution in [-0.2, 0) is 4.74 Å². The van der Waals surface area contributed by atoms with Crippen molar-refractivity contribution >= 4 is 23.5 Å². The SMILES string of the molecule is [C-]#[N+]c1ccc(-c2c(C)[nH]n(-c3ccc(NC(=O)N4CCN(C(=O)OC(C)(C)C)CC4)cn3)c2=O)cc1. The largest absolute Gasteiger partial charge is 0.444 e. The summed E-state index contributed by atoms with van der Waals surface area (Å²) in [6.07, 6.45) is 1.10. The number of hydrogen-bond acceptors (Lipinski definition) is 5. The maximum atomic E-state index is 13.1. The van der Waals surface area contributed by atoms with E-state index in [0.29, 0.717) is 60.2 Å². The number of aromatic nitrogens is 3. The Morgan fingerprint density at radius 2 is 1.70 bits per heavy atom. The second-order valence-corrected chi connectivity index (χ2v) is 9.70. The highest BCUT2D eigenvalue weighted by molar-refractivity contribution is 5.89. The van der Waals surface area contributed by atoms with Crippen molar-refractivity contribution in [3.05, 3.63) is 70.1 Å². The minimum Gasteiger partial charge on any atom is -0.444 e. The van der Waals surface area contributed by atoms with Gasteiger partial charge in [0, 0.05) is 31.9 Å². The first-order valence-corrected chi connectivity index (χ1v) is 11.9. The molecule has 1 aromatic carbocycles. The molecule has 1 fully saturated rings. The Morgan fingerprint density at radius 1 is 1.05 bits per heavy atom. The van der Waals surface area contributed by atoms with Crippen LogP contribution in [0.15, 0.2) is 47.4 Å². The number of nitrogens with one attached hydrogen (secondary N) is 2. The number of urea groups is 1. The summed E-state index contributed by atoms with van der Waals surface area (Å²) in [5.74, 6) is 0.376. The van der Waals surface area contributed by atoms with Gasteiger partial charge in [-0.1, -0.05) is 24.3 Å². The van der Waals surface area contributed by atoms with Gasteiger partial charge in [0.2, 0.25) is 0 Å². The second kappa shape index (κ2) is 10.2. The number of nitrogens with zero attached hydrogens (tertiary/aromatic N) is 5. The molecule has 4 rings (SSSR count). The number of carbonyl (C=O) groups is 2. The van der Waals surface area contributed by atoms with Crippen LogP contribution in [0.25, 0.3) is 21.8 Å². The molecule has 0 saturated carbocycles. The van der Waals surface area contributed by atoms with Crippen LogP contribution in [0.2, 0.25) is 0 Å². The fourth-order valence-electron chi connectivity index (χ4n) is 3.96. The zero-order valence-electron chi connectivity index (χ0n) is 21.2. The number of piperazine rings is 1. The minimum atomic E-state index is -0.569.